The summed E-state index contributed by atoms with van der Waals surface area (Å²) in [5, 5.41) is 0. The molecule has 3 aromatic rings. The summed E-state index contributed by atoms with van der Waals surface area (Å²) >= 11 is 6.70. The smallest absolute Gasteiger partial charge is 0.267 e. The van der Waals surface area contributed by atoms with Gasteiger partial charge in [0.2, 0.25) is 6.79 Å². The summed E-state index contributed by atoms with van der Waals surface area (Å²) in [7, 11) is 0. The summed E-state index contributed by atoms with van der Waals surface area (Å²) in [5.41, 5.74) is 2.93. The van der Waals surface area contributed by atoms with Crippen LogP contribution in [-0.2, 0) is 11.3 Å². The van der Waals surface area contributed by atoms with Crippen molar-refractivity contribution in [1.29, 1.82) is 0 Å². The monoisotopic (exact) mass is 563 g/mol. The number of hydrogen-bond donors (Lipinski definition) is 0. The van der Waals surface area contributed by atoms with Gasteiger partial charge in [-0.1, -0.05) is 43.0 Å². The Morgan fingerprint density at radius 1 is 1.08 bits per heavy atom. The van der Waals surface area contributed by atoms with Gasteiger partial charge in [-0.3, -0.25) is 23.8 Å². The van der Waals surface area contributed by atoms with Crippen LogP contribution in [0.1, 0.15) is 30.0 Å². The quantitative estimate of drug-likeness (QED) is 0.330. The van der Waals surface area contributed by atoms with Crippen LogP contribution in [0.4, 0.5) is 5.82 Å². The highest BCUT2D eigenvalue weighted by Crippen LogP contribution is 2.35. The molecule has 0 N–H and O–H groups in total. The van der Waals surface area contributed by atoms with E-state index in [1.807, 2.05) is 38.1 Å². The maximum absolute atomic E-state index is 13.8. The van der Waals surface area contributed by atoms with Gasteiger partial charge in [0.1, 0.15) is 15.8 Å². The number of ether oxygens (including phenoxy) is 2. The van der Waals surface area contributed by atoms with Crippen molar-refractivity contribution in [2.45, 2.75) is 26.8 Å². The fraction of sp³-hybridized carbons (Fsp3) is 0.357. The first-order valence-corrected chi connectivity index (χ1v) is 14.3. The Kier molecular flexibility index (Phi) is 7.05. The third-order valence-electron chi connectivity index (χ3n) is 7.10. The number of piperazine rings is 1. The number of aromatic nitrogens is 2. The lowest BCUT2D eigenvalue weighted by molar-refractivity contribution is -0.122. The number of aryl methyl sites for hydroxylation is 1. The lowest BCUT2D eigenvalue weighted by Gasteiger charge is -2.36. The highest BCUT2D eigenvalue weighted by Gasteiger charge is 2.32. The lowest BCUT2D eigenvalue weighted by atomic mass is 10.1. The average Bonchev–Trinajstić information content (AvgIpc) is 3.50. The molecule has 202 valence electrons. The van der Waals surface area contributed by atoms with E-state index in [4.69, 9.17) is 26.7 Å². The van der Waals surface area contributed by atoms with Crippen LogP contribution in [0.3, 0.4) is 0 Å². The second-order valence-electron chi connectivity index (χ2n) is 9.87. The van der Waals surface area contributed by atoms with Crippen LogP contribution >= 0.6 is 24.0 Å². The SMILES string of the molecule is CCCN1C(=O)/C(=C/c2c(N3CCN(Cc4ccc5c(c4)OCO5)CC3)nc3ccc(C)cn3c2=O)SC1=S. The van der Waals surface area contributed by atoms with Crippen molar-refractivity contribution < 1.29 is 14.3 Å². The molecule has 2 saturated heterocycles. The van der Waals surface area contributed by atoms with Crippen molar-refractivity contribution >= 4 is 51.7 Å². The minimum Gasteiger partial charge on any atom is -0.454 e. The minimum absolute atomic E-state index is 0.153. The molecule has 0 radical (unpaired) electrons. The number of carbonyl (C=O) groups excluding carboxylic acids is 1. The van der Waals surface area contributed by atoms with E-state index in [1.165, 1.54) is 17.3 Å². The Labute approximate surface area is 236 Å². The van der Waals surface area contributed by atoms with Gasteiger partial charge in [0.25, 0.3) is 11.5 Å². The molecule has 0 saturated carbocycles. The number of carbonyl (C=O) groups is 1. The summed E-state index contributed by atoms with van der Waals surface area (Å²) in [4.78, 5) is 38.4. The lowest BCUT2D eigenvalue weighted by Crippen LogP contribution is -2.47. The first-order chi connectivity index (χ1) is 18.9. The fourth-order valence-corrected chi connectivity index (χ4v) is 6.37. The molecule has 0 aliphatic carbocycles. The molecule has 3 aliphatic heterocycles. The Morgan fingerprint density at radius 2 is 1.87 bits per heavy atom. The van der Waals surface area contributed by atoms with E-state index in [9.17, 15) is 9.59 Å². The van der Waals surface area contributed by atoms with E-state index in [0.717, 1.165) is 43.1 Å². The molecular formula is C28H29N5O4S2. The average molecular weight is 564 g/mol. The predicted molar refractivity (Wildman–Crippen MR) is 156 cm³/mol. The first kappa shape index (κ1) is 25.8. The van der Waals surface area contributed by atoms with E-state index >= 15 is 0 Å². The van der Waals surface area contributed by atoms with Crippen LogP contribution in [0.2, 0.25) is 0 Å². The van der Waals surface area contributed by atoms with Crippen LogP contribution in [0.15, 0.2) is 46.2 Å². The molecule has 39 heavy (non-hydrogen) atoms. The number of amides is 1. The molecule has 2 fully saturated rings. The molecule has 1 aromatic carbocycles. The van der Waals surface area contributed by atoms with Gasteiger partial charge in [-0.25, -0.2) is 4.98 Å². The molecule has 0 spiro atoms. The normalized spacial score (nSPS) is 18.7. The van der Waals surface area contributed by atoms with E-state index < -0.39 is 0 Å². The van der Waals surface area contributed by atoms with Gasteiger partial charge in [-0.15, -0.1) is 0 Å². The van der Waals surface area contributed by atoms with Crippen molar-refractivity contribution in [2.24, 2.45) is 0 Å². The number of benzene rings is 1. The summed E-state index contributed by atoms with van der Waals surface area (Å²) in [6.07, 6.45) is 4.28. The van der Waals surface area contributed by atoms with Crippen molar-refractivity contribution in [3.05, 3.63) is 68.5 Å². The van der Waals surface area contributed by atoms with Gasteiger partial charge < -0.3 is 14.4 Å². The Bertz CT molecular complexity index is 1560. The maximum atomic E-state index is 13.8. The summed E-state index contributed by atoms with van der Waals surface area (Å²) in [5.74, 6) is 2.02. The number of rotatable bonds is 6. The molecule has 0 unspecified atom stereocenters. The molecule has 3 aliphatic rings. The van der Waals surface area contributed by atoms with E-state index in [0.29, 0.717) is 45.9 Å². The van der Waals surface area contributed by atoms with Crippen molar-refractivity contribution in [3.8, 4) is 11.5 Å². The van der Waals surface area contributed by atoms with Crippen LogP contribution in [0, 0.1) is 6.92 Å². The number of hydrogen-bond acceptors (Lipinski definition) is 9. The highest BCUT2D eigenvalue weighted by atomic mass is 32.2. The van der Waals surface area contributed by atoms with Gasteiger partial charge in [0, 0.05) is 45.5 Å². The van der Waals surface area contributed by atoms with Crippen LogP contribution in [-0.4, -0.2) is 68.9 Å². The molecule has 0 bridgehead atoms. The number of thioether (sulfide) groups is 1. The zero-order valence-corrected chi connectivity index (χ0v) is 23.5. The largest absolute Gasteiger partial charge is 0.454 e. The molecule has 11 heteroatoms. The van der Waals surface area contributed by atoms with Crippen LogP contribution in [0.25, 0.3) is 11.7 Å². The molecule has 2 aromatic heterocycles. The van der Waals surface area contributed by atoms with Gasteiger partial charge >= 0.3 is 0 Å². The van der Waals surface area contributed by atoms with Gasteiger partial charge in [-0.2, -0.15) is 0 Å². The zero-order valence-electron chi connectivity index (χ0n) is 21.9. The van der Waals surface area contributed by atoms with Crippen LogP contribution < -0.4 is 19.9 Å². The van der Waals surface area contributed by atoms with E-state index in [1.54, 1.807) is 21.6 Å². The minimum atomic E-state index is -0.192. The molecule has 6 rings (SSSR count). The molecular weight excluding hydrogens is 534 g/mol. The third kappa shape index (κ3) is 5.02. The van der Waals surface area contributed by atoms with E-state index in [-0.39, 0.29) is 18.3 Å². The first-order valence-electron chi connectivity index (χ1n) is 13.1. The molecule has 0 atom stereocenters. The number of nitrogens with zero attached hydrogens (tertiary/aromatic N) is 5. The Morgan fingerprint density at radius 3 is 2.67 bits per heavy atom. The third-order valence-corrected chi connectivity index (χ3v) is 8.47. The Hall–Kier alpha value is -3.41. The highest BCUT2D eigenvalue weighted by molar-refractivity contribution is 8.26. The Balaban J connectivity index is 1.29. The number of anilines is 1. The van der Waals surface area contributed by atoms with Crippen molar-refractivity contribution in [3.63, 3.8) is 0 Å². The molecule has 1 amide bonds. The van der Waals surface area contributed by atoms with Gasteiger partial charge in [0.05, 0.1) is 10.5 Å². The fourth-order valence-electron chi connectivity index (χ4n) is 5.08. The summed E-state index contributed by atoms with van der Waals surface area (Å²) in [6, 6.07) is 9.87. The number of pyridine rings is 1. The summed E-state index contributed by atoms with van der Waals surface area (Å²) < 4.78 is 13.0. The molecule has 9 nitrogen and oxygen atoms in total. The van der Waals surface area contributed by atoms with E-state index in [2.05, 4.69) is 15.9 Å². The number of fused-ring (bicyclic) bond motifs is 2. The standard InChI is InChI=1S/C28H29N5O4S2/c1-3-8-32-27(35)23(39-28(32)38)14-20-25(29-24-7-4-18(2)15-33(24)26(20)34)31-11-9-30(10-12-31)16-19-5-6-21-22(13-19)37-17-36-21/h4-7,13-15H,3,8-12,16-17H2,1-2H3/b23-14-. The maximum Gasteiger partial charge on any atom is 0.267 e. The van der Waals surface area contributed by atoms with Gasteiger partial charge in [-0.05, 0) is 48.7 Å². The van der Waals surface area contributed by atoms with Gasteiger partial charge in [0.15, 0.2) is 11.5 Å². The number of thiocarbonyl (C=S) groups is 1. The van der Waals surface area contributed by atoms with Crippen molar-refractivity contribution in [2.75, 3.05) is 44.4 Å². The zero-order chi connectivity index (χ0) is 27.1. The van der Waals surface area contributed by atoms with Crippen molar-refractivity contribution in [1.82, 2.24) is 19.2 Å². The molecule has 5 heterocycles. The second kappa shape index (κ2) is 10.6. The predicted octanol–water partition coefficient (Wildman–Crippen LogP) is 3.67. The van der Waals surface area contributed by atoms with Crippen LogP contribution in [0.5, 0.6) is 11.5 Å². The second-order valence-corrected chi connectivity index (χ2v) is 11.5. The topological polar surface area (TPSA) is 79.6 Å². The summed E-state index contributed by atoms with van der Waals surface area (Å²) in [6.45, 7) is 8.60.